The van der Waals surface area contributed by atoms with Crippen LogP contribution in [0, 0.1) is 0 Å². The molecular weight excluding hydrogens is 194 g/mol. The highest BCUT2D eigenvalue weighted by molar-refractivity contribution is 5.86. The van der Waals surface area contributed by atoms with Gasteiger partial charge in [-0.3, -0.25) is 9.59 Å². The molecule has 0 aliphatic carbocycles. The monoisotopic (exact) mass is 215 g/mol. The lowest BCUT2D eigenvalue weighted by Gasteiger charge is -2.14. The third-order valence-electron chi connectivity index (χ3n) is 2.13. The number of nitrogens with one attached hydrogen (secondary N) is 2. The lowest BCUT2D eigenvalue weighted by molar-refractivity contribution is -0.127. The van der Waals surface area contributed by atoms with Crippen LogP contribution in [0.1, 0.15) is 32.6 Å². The summed E-state index contributed by atoms with van der Waals surface area (Å²) in [7, 11) is 1.77. The van der Waals surface area contributed by atoms with Crippen molar-refractivity contribution in [1.29, 1.82) is 0 Å². The van der Waals surface area contributed by atoms with Crippen LogP contribution in [0.25, 0.3) is 0 Å². The van der Waals surface area contributed by atoms with E-state index < -0.39 is 11.9 Å². The van der Waals surface area contributed by atoms with Crippen molar-refractivity contribution in [2.75, 3.05) is 13.6 Å². The van der Waals surface area contributed by atoms with Crippen LogP contribution >= 0.6 is 0 Å². The van der Waals surface area contributed by atoms with Crippen molar-refractivity contribution in [1.82, 2.24) is 10.6 Å². The van der Waals surface area contributed by atoms with Gasteiger partial charge in [0.25, 0.3) is 0 Å². The van der Waals surface area contributed by atoms with E-state index in [2.05, 4.69) is 10.6 Å². The van der Waals surface area contributed by atoms with Gasteiger partial charge in [0.2, 0.25) is 11.8 Å². The van der Waals surface area contributed by atoms with Crippen molar-refractivity contribution in [3.05, 3.63) is 0 Å². The van der Waals surface area contributed by atoms with Gasteiger partial charge in [-0.05, 0) is 13.5 Å². The Balaban J connectivity index is 3.93. The second-order valence-electron chi connectivity index (χ2n) is 3.52. The van der Waals surface area contributed by atoms with Gasteiger partial charge in [-0.15, -0.1) is 0 Å². The number of primary amides is 1. The number of hydrogen-bond acceptors (Lipinski definition) is 3. The Morgan fingerprint density at radius 1 is 1.40 bits per heavy atom. The van der Waals surface area contributed by atoms with Gasteiger partial charge < -0.3 is 16.4 Å². The Labute approximate surface area is 90.8 Å². The standard InChI is InChI=1S/C10H21N3O2/c1-3-4-5-8(10(11)15)13-9(14)6-7-12-2/h8,12H,3-7H2,1-2H3,(H2,11,15)(H,13,14). The van der Waals surface area contributed by atoms with E-state index in [0.29, 0.717) is 19.4 Å². The van der Waals surface area contributed by atoms with Crippen LogP contribution in [0.2, 0.25) is 0 Å². The zero-order valence-corrected chi connectivity index (χ0v) is 9.51. The molecule has 0 saturated heterocycles. The maximum absolute atomic E-state index is 11.3. The van der Waals surface area contributed by atoms with Crippen LogP contribution in [0.3, 0.4) is 0 Å². The Morgan fingerprint density at radius 2 is 2.07 bits per heavy atom. The minimum atomic E-state index is -0.519. The molecule has 0 aliphatic rings. The number of hydrogen-bond donors (Lipinski definition) is 3. The third-order valence-corrected chi connectivity index (χ3v) is 2.13. The van der Waals surface area contributed by atoms with Crippen molar-refractivity contribution in [2.24, 2.45) is 5.73 Å². The van der Waals surface area contributed by atoms with Crippen molar-refractivity contribution in [2.45, 2.75) is 38.6 Å². The molecule has 0 aromatic rings. The van der Waals surface area contributed by atoms with E-state index in [1.807, 2.05) is 6.92 Å². The van der Waals surface area contributed by atoms with Crippen LogP contribution in [0.4, 0.5) is 0 Å². The highest BCUT2D eigenvalue weighted by Gasteiger charge is 2.16. The number of carbonyl (C=O) groups excluding carboxylic acids is 2. The molecule has 0 radical (unpaired) electrons. The van der Waals surface area contributed by atoms with Gasteiger partial charge in [0.15, 0.2) is 0 Å². The average molecular weight is 215 g/mol. The van der Waals surface area contributed by atoms with Gasteiger partial charge in [-0.25, -0.2) is 0 Å². The summed E-state index contributed by atoms with van der Waals surface area (Å²) in [5.41, 5.74) is 5.19. The number of carbonyl (C=O) groups is 2. The molecule has 2 amide bonds. The van der Waals surface area contributed by atoms with E-state index in [0.717, 1.165) is 12.8 Å². The SMILES string of the molecule is CCCCC(NC(=O)CCNC)C(N)=O. The summed E-state index contributed by atoms with van der Waals surface area (Å²) in [6.07, 6.45) is 2.86. The summed E-state index contributed by atoms with van der Waals surface area (Å²) in [4.78, 5) is 22.3. The fourth-order valence-corrected chi connectivity index (χ4v) is 1.20. The second kappa shape index (κ2) is 8.23. The van der Waals surface area contributed by atoms with E-state index >= 15 is 0 Å². The summed E-state index contributed by atoms with van der Waals surface area (Å²) < 4.78 is 0. The predicted molar refractivity (Wildman–Crippen MR) is 59.2 cm³/mol. The maximum Gasteiger partial charge on any atom is 0.239 e. The topological polar surface area (TPSA) is 84.2 Å². The smallest absolute Gasteiger partial charge is 0.239 e. The van der Waals surface area contributed by atoms with Crippen molar-refractivity contribution >= 4 is 11.8 Å². The normalized spacial score (nSPS) is 12.1. The van der Waals surface area contributed by atoms with Crippen LogP contribution in [-0.4, -0.2) is 31.4 Å². The molecule has 0 saturated carbocycles. The van der Waals surface area contributed by atoms with Gasteiger partial charge in [0, 0.05) is 13.0 Å². The van der Waals surface area contributed by atoms with E-state index in [1.165, 1.54) is 0 Å². The summed E-state index contributed by atoms with van der Waals surface area (Å²) in [6.45, 7) is 2.63. The predicted octanol–water partition coefficient (Wildman–Crippen LogP) is -0.244. The van der Waals surface area contributed by atoms with E-state index in [9.17, 15) is 9.59 Å². The van der Waals surface area contributed by atoms with Crippen LogP contribution in [-0.2, 0) is 9.59 Å². The summed E-state index contributed by atoms with van der Waals surface area (Å²) in [5.74, 6) is -0.592. The Bertz CT molecular complexity index is 207. The van der Waals surface area contributed by atoms with E-state index in [4.69, 9.17) is 5.73 Å². The lowest BCUT2D eigenvalue weighted by atomic mass is 10.1. The number of nitrogens with two attached hydrogens (primary N) is 1. The van der Waals surface area contributed by atoms with Crippen LogP contribution in [0.15, 0.2) is 0 Å². The highest BCUT2D eigenvalue weighted by Crippen LogP contribution is 2.00. The second-order valence-corrected chi connectivity index (χ2v) is 3.52. The molecular formula is C10H21N3O2. The molecule has 0 aromatic carbocycles. The molecule has 0 fully saturated rings. The first-order valence-corrected chi connectivity index (χ1v) is 5.35. The fourth-order valence-electron chi connectivity index (χ4n) is 1.20. The van der Waals surface area contributed by atoms with Crippen molar-refractivity contribution in [3.8, 4) is 0 Å². The zero-order chi connectivity index (χ0) is 11.7. The maximum atomic E-state index is 11.3. The number of unbranched alkanes of at least 4 members (excludes halogenated alkanes) is 1. The summed E-state index contributed by atoms with van der Waals surface area (Å²) in [6, 6.07) is -0.519. The molecule has 4 N–H and O–H groups in total. The largest absolute Gasteiger partial charge is 0.368 e. The molecule has 0 heterocycles. The molecule has 0 spiro atoms. The number of amides is 2. The zero-order valence-electron chi connectivity index (χ0n) is 9.51. The first-order chi connectivity index (χ1) is 7.11. The fraction of sp³-hybridized carbons (Fsp3) is 0.800. The molecule has 0 rings (SSSR count). The minimum Gasteiger partial charge on any atom is -0.368 e. The van der Waals surface area contributed by atoms with Gasteiger partial charge in [0.1, 0.15) is 6.04 Å². The van der Waals surface area contributed by atoms with Gasteiger partial charge in [0.05, 0.1) is 0 Å². The molecule has 15 heavy (non-hydrogen) atoms. The van der Waals surface area contributed by atoms with Gasteiger partial charge in [-0.2, -0.15) is 0 Å². The third kappa shape index (κ3) is 6.90. The highest BCUT2D eigenvalue weighted by atomic mass is 16.2. The van der Waals surface area contributed by atoms with E-state index in [1.54, 1.807) is 7.05 Å². The molecule has 0 bridgehead atoms. The Hall–Kier alpha value is -1.10. The molecule has 0 aromatic heterocycles. The van der Waals surface area contributed by atoms with Crippen LogP contribution in [0.5, 0.6) is 0 Å². The summed E-state index contributed by atoms with van der Waals surface area (Å²) in [5, 5.41) is 5.50. The van der Waals surface area contributed by atoms with Crippen molar-refractivity contribution < 1.29 is 9.59 Å². The van der Waals surface area contributed by atoms with Crippen molar-refractivity contribution in [3.63, 3.8) is 0 Å². The summed E-state index contributed by atoms with van der Waals surface area (Å²) >= 11 is 0. The molecule has 1 atom stereocenters. The molecule has 5 heteroatoms. The first kappa shape index (κ1) is 13.9. The van der Waals surface area contributed by atoms with Gasteiger partial charge >= 0.3 is 0 Å². The number of rotatable bonds is 8. The lowest BCUT2D eigenvalue weighted by Crippen LogP contribution is -2.44. The Morgan fingerprint density at radius 3 is 2.53 bits per heavy atom. The molecule has 1 unspecified atom stereocenters. The van der Waals surface area contributed by atoms with E-state index in [-0.39, 0.29) is 5.91 Å². The molecule has 88 valence electrons. The molecule has 0 aliphatic heterocycles. The average Bonchev–Trinajstić information content (AvgIpc) is 2.20. The van der Waals surface area contributed by atoms with Crippen LogP contribution < -0.4 is 16.4 Å². The quantitative estimate of drug-likeness (QED) is 0.522. The first-order valence-electron chi connectivity index (χ1n) is 5.35. The minimum absolute atomic E-state index is 0.135. The Kier molecular flexibility index (Phi) is 7.62. The van der Waals surface area contributed by atoms with Gasteiger partial charge in [-0.1, -0.05) is 19.8 Å². The molecule has 5 nitrogen and oxygen atoms in total.